The lowest BCUT2D eigenvalue weighted by Crippen LogP contribution is -2.47. The van der Waals surface area contributed by atoms with Crippen LogP contribution in [0.2, 0.25) is 0 Å². The number of nitriles is 1. The number of benzene rings is 1. The molecule has 2 fully saturated rings. The number of carbonyl (C=O) groups is 1. The maximum absolute atomic E-state index is 13.2. The Balaban J connectivity index is 1.54. The van der Waals surface area contributed by atoms with Crippen molar-refractivity contribution in [3.05, 3.63) is 47.2 Å². The SMILES string of the molecule is CC(C)OC(=O)c1cc(C(F)(F)F)ccc1OC1C[C@H]2CC[C@@H](C1)N2c1ccc(C#N)nn1. The van der Waals surface area contributed by atoms with Crippen LogP contribution in [0.1, 0.15) is 61.1 Å². The number of hydrogen-bond donors (Lipinski definition) is 0. The highest BCUT2D eigenvalue weighted by molar-refractivity contribution is 5.93. The van der Waals surface area contributed by atoms with E-state index >= 15 is 0 Å². The van der Waals surface area contributed by atoms with Crippen molar-refractivity contribution in [1.82, 2.24) is 10.2 Å². The second kappa shape index (κ2) is 8.89. The number of rotatable bonds is 5. The van der Waals surface area contributed by atoms with E-state index in [2.05, 4.69) is 15.1 Å². The van der Waals surface area contributed by atoms with Gasteiger partial charge in [-0.25, -0.2) is 4.79 Å². The summed E-state index contributed by atoms with van der Waals surface area (Å²) in [6.45, 7) is 3.26. The molecular formula is C23H23F3N4O3. The number of piperidine rings is 1. The fraction of sp³-hybridized carbons (Fsp3) is 0.478. The molecule has 1 aromatic heterocycles. The monoisotopic (exact) mass is 460 g/mol. The summed E-state index contributed by atoms with van der Waals surface area (Å²) in [6, 6.07) is 8.48. The number of ether oxygens (including phenoxy) is 2. The highest BCUT2D eigenvalue weighted by atomic mass is 19.4. The minimum atomic E-state index is -4.59. The molecule has 2 aliphatic rings. The molecule has 2 bridgehead atoms. The molecular weight excluding hydrogens is 437 g/mol. The quantitative estimate of drug-likeness (QED) is 0.607. The van der Waals surface area contributed by atoms with E-state index in [1.807, 2.05) is 6.07 Å². The summed E-state index contributed by atoms with van der Waals surface area (Å²) in [7, 11) is 0. The van der Waals surface area contributed by atoms with Crippen molar-refractivity contribution in [1.29, 1.82) is 5.26 Å². The molecule has 0 radical (unpaired) electrons. The highest BCUT2D eigenvalue weighted by Gasteiger charge is 2.43. The van der Waals surface area contributed by atoms with Gasteiger partial charge in [-0.05, 0) is 57.0 Å². The molecule has 0 amide bonds. The third-order valence-electron chi connectivity index (χ3n) is 5.88. The van der Waals surface area contributed by atoms with Gasteiger partial charge in [-0.15, -0.1) is 10.2 Å². The van der Waals surface area contributed by atoms with Crippen LogP contribution in [0.15, 0.2) is 30.3 Å². The van der Waals surface area contributed by atoms with Gasteiger partial charge in [-0.3, -0.25) is 0 Å². The molecule has 2 aromatic rings. The van der Waals surface area contributed by atoms with Gasteiger partial charge in [0.15, 0.2) is 11.5 Å². The van der Waals surface area contributed by atoms with Crippen LogP contribution < -0.4 is 9.64 Å². The third-order valence-corrected chi connectivity index (χ3v) is 5.88. The topological polar surface area (TPSA) is 88.3 Å². The maximum atomic E-state index is 13.2. The minimum Gasteiger partial charge on any atom is -0.489 e. The van der Waals surface area contributed by atoms with Crippen molar-refractivity contribution >= 4 is 11.8 Å². The molecule has 4 rings (SSSR count). The zero-order valence-electron chi connectivity index (χ0n) is 18.2. The number of carbonyl (C=O) groups excluding carboxylic acids is 1. The van der Waals surface area contributed by atoms with Gasteiger partial charge in [-0.2, -0.15) is 18.4 Å². The number of alkyl halides is 3. The summed E-state index contributed by atoms with van der Waals surface area (Å²) >= 11 is 0. The fourth-order valence-electron chi connectivity index (χ4n) is 4.55. The van der Waals surface area contributed by atoms with E-state index in [0.29, 0.717) is 18.7 Å². The average Bonchev–Trinajstić information content (AvgIpc) is 3.03. The summed E-state index contributed by atoms with van der Waals surface area (Å²) in [5, 5.41) is 17.0. The van der Waals surface area contributed by atoms with E-state index in [1.165, 1.54) is 6.07 Å². The normalized spacial score (nSPS) is 22.2. The summed E-state index contributed by atoms with van der Waals surface area (Å²) in [5.41, 5.74) is -0.918. The lowest BCUT2D eigenvalue weighted by Gasteiger charge is -2.39. The molecule has 174 valence electrons. The van der Waals surface area contributed by atoms with Crippen LogP contribution in [0.3, 0.4) is 0 Å². The van der Waals surface area contributed by atoms with Crippen molar-refractivity contribution in [3.8, 4) is 11.8 Å². The predicted octanol–water partition coefficient (Wildman–Crippen LogP) is 4.51. The number of nitrogens with zero attached hydrogens (tertiary/aromatic N) is 4. The molecule has 0 aliphatic carbocycles. The molecule has 2 aliphatic heterocycles. The molecule has 3 atom stereocenters. The number of hydrogen-bond acceptors (Lipinski definition) is 7. The van der Waals surface area contributed by atoms with Crippen molar-refractivity contribution < 1.29 is 27.4 Å². The van der Waals surface area contributed by atoms with Gasteiger partial charge in [0.25, 0.3) is 0 Å². The highest BCUT2D eigenvalue weighted by Crippen LogP contribution is 2.40. The van der Waals surface area contributed by atoms with Crippen LogP contribution in [0.4, 0.5) is 19.0 Å². The van der Waals surface area contributed by atoms with E-state index < -0.39 is 23.8 Å². The zero-order chi connectivity index (χ0) is 23.8. The van der Waals surface area contributed by atoms with E-state index in [-0.39, 0.29) is 35.2 Å². The molecule has 1 aromatic carbocycles. The van der Waals surface area contributed by atoms with Gasteiger partial charge in [0, 0.05) is 24.9 Å². The molecule has 0 spiro atoms. The Morgan fingerprint density at radius 3 is 2.39 bits per heavy atom. The van der Waals surface area contributed by atoms with Crippen LogP contribution >= 0.6 is 0 Å². The molecule has 10 heteroatoms. The summed E-state index contributed by atoms with van der Waals surface area (Å²) in [5.74, 6) is -0.0697. The van der Waals surface area contributed by atoms with Crippen LogP contribution in [0, 0.1) is 11.3 Å². The van der Waals surface area contributed by atoms with Crippen molar-refractivity contribution in [2.75, 3.05) is 4.90 Å². The lowest BCUT2D eigenvalue weighted by molar-refractivity contribution is -0.137. The van der Waals surface area contributed by atoms with Gasteiger partial charge >= 0.3 is 12.1 Å². The Bertz CT molecular complexity index is 1050. The second-order valence-corrected chi connectivity index (χ2v) is 8.55. The number of halogens is 3. The van der Waals surface area contributed by atoms with Gasteiger partial charge in [0.1, 0.15) is 23.5 Å². The Morgan fingerprint density at radius 1 is 1.15 bits per heavy atom. The Labute approximate surface area is 189 Å². The Kier molecular flexibility index (Phi) is 6.15. The number of fused-ring (bicyclic) bond motifs is 2. The van der Waals surface area contributed by atoms with E-state index in [9.17, 15) is 18.0 Å². The van der Waals surface area contributed by atoms with Crippen LogP contribution in [0.25, 0.3) is 0 Å². The van der Waals surface area contributed by atoms with Crippen molar-refractivity contribution in [2.45, 2.75) is 70.0 Å². The molecule has 2 saturated heterocycles. The molecule has 33 heavy (non-hydrogen) atoms. The summed E-state index contributed by atoms with van der Waals surface area (Å²) in [4.78, 5) is 14.7. The van der Waals surface area contributed by atoms with E-state index in [1.54, 1.807) is 26.0 Å². The van der Waals surface area contributed by atoms with Gasteiger partial charge in [0.2, 0.25) is 0 Å². The Morgan fingerprint density at radius 2 is 1.85 bits per heavy atom. The van der Waals surface area contributed by atoms with Crippen molar-refractivity contribution in [2.24, 2.45) is 0 Å². The van der Waals surface area contributed by atoms with Crippen LogP contribution in [-0.4, -0.2) is 40.5 Å². The smallest absolute Gasteiger partial charge is 0.416 e. The van der Waals surface area contributed by atoms with E-state index in [0.717, 1.165) is 25.0 Å². The first-order valence-corrected chi connectivity index (χ1v) is 10.8. The standard InChI is InChI=1S/C23H23F3N4O3/c1-13(2)32-22(31)19-9-14(23(24,25)26)3-7-20(19)33-18-10-16-5-6-17(11-18)30(16)21-8-4-15(12-27)28-29-21/h3-4,7-9,13,16-18H,5-6,10-11H2,1-2H3/t16-,17+,18?. The summed E-state index contributed by atoms with van der Waals surface area (Å²) in [6.07, 6.45) is -2.25. The second-order valence-electron chi connectivity index (χ2n) is 8.55. The average molecular weight is 460 g/mol. The third kappa shape index (κ3) is 4.87. The first-order chi connectivity index (χ1) is 15.7. The first-order valence-electron chi connectivity index (χ1n) is 10.8. The number of aromatic nitrogens is 2. The molecule has 1 unspecified atom stereocenters. The Hall–Kier alpha value is -3.35. The van der Waals surface area contributed by atoms with Crippen LogP contribution in [0.5, 0.6) is 5.75 Å². The number of esters is 1. The lowest BCUT2D eigenvalue weighted by atomic mass is 9.99. The molecule has 0 saturated carbocycles. The van der Waals surface area contributed by atoms with Crippen molar-refractivity contribution in [3.63, 3.8) is 0 Å². The van der Waals surface area contributed by atoms with Gasteiger partial charge in [-0.1, -0.05) is 0 Å². The maximum Gasteiger partial charge on any atom is 0.416 e. The fourth-order valence-corrected chi connectivity index (χ4v) is 4.55. The van der Waals surface area contributed by atoms with E-state index in [4.69, 9.17) is 14.7 Å². The minimum absolute atomic E-state index is 0.0877. The zero-order valence-corrected chi connectivity index (χ0v) is 18.2. The van der Waals surface area contributed by atoms with Crippen LogP contribution in [-0.2, 0) is 10.9 Å². The molecule has 3 heterocycles. The first kappa shape index (κ1) is 22.8. The molecule has 0 N–H and O–H groups in total. The largest absolute Gasteiger partial charge is 0.489 e. The van der Waals surface area contributed by atoms with Gasteiger partial charge < -0.3 is 14.4 Å². The van der Waals surface area contributed by atoms with Gasteiger partial charge in [0.05, 0.1) is 11.7 Å². The molecule has 7 nitrogen and oxygen atoms in total. The predicted molar refractivity (Wildman–Crippen MR) is 112 cm³/mol. The summed E-state index contributed by atoms with van der Waals surface area (Å²) < 4.78 is 50.9. The number of anilines is 1.